The SMILES string of the molecule is Cn1cc(C#Cc2ccc(NC(=O)[C@@H]3COCCN3C(=O)[C@H](NC(=O)N3CCOCC3)c3ccccc3)cc2)c(-c2cc(Cl)ccc2O)n1. The molecule has 2 saturated heterocycles. The number of anilines is 1. The fourth-order valence-corrected chi connectivity index (χ4v) is 5.82. The molecule has 49 heavy (non-hydrogen) atoms. The van der Waals surface area contributed by atoms with Crippen LogP contribution in [0.3, 0.4) is 0 Å². The van der Waals surface area contributed by atoms with Crippen molar-refractivity contribution in [2.24, 2.45) is 7.05 Å². The lowest BCUT2D eigenvalue weighted by molar-refractivity contribution is -0.148. The summed E-state index contributed by atoms with van der Waals surface area (Å²) < 4.78 is 12.6. The van der Waals surface area contributed by atoms with Crippen molar-refractivity contribution >= 4 is 35.1 Å². The Bertz CT molecular complexity index is 1880. The van der Waals surface area contributed by atoms with Crippen molar-refractivity contribution in [3.63, 3.8) is 0 Å². The van der Waals surface area contributed by atoms with Crippen molar-refractivity contribution < 1.29 is 29.0 Å². The lowest BCUT2D eigenvalue weighted by atomic mass is 10.0. The van der Waals surface area contributed by atoms with Crippen molar-refractivity contribution in [1.82, 2.24) is 24.9 Å². The Morgan fingerprint density at radius 1 is 0.959 bits per heavy atom. The number of phenols is 1. The van der Waals surface area contributed by atoms with E-state index >= 15 is 0 Å². The van der Waals surface area contributed by atoms with Crippen molar-refractivity contribution in [1.29, 1.82) is 0 Å². The molecule has 2 fully saturated rings. The van der Waals surface area contributed by atoms with Crippen LogP contribution in [0, 0.1) is 11.8 Å². The van der Waals surface area contributed by atoms with Crippen LogP contribution >= 0.6 is 11.6 Å². The van der Waals surface area contributed by atoms with Crippen LogP contribution in [0.25, 0.3) is 11.3 Å². The second-order valence-corrected chi connectivity index (χ2v) is 12.0. The quantitative estimate of drug-likeness (QED) is 0.263. The van der Waals surface area contributed by atoms with Gasteiger partial charge in [0.2, 0.25) is 5.91 Å². The lowest BCUT2D eigenvalue weighted by Gasteiger charge is -2.37. The Morgan fingerprint density at radius 3 is 2.45 bits per heavy atom. The maximum Gasteiger partial charge on any atom is 0.318 e. The fraction of sp³-hybridized carbons (Fsp3) is 0.278. The third-order valence-electron chi connectivity index (χ3n) is 8.20. The highest BCUT2D eigenvalue weighted by Crippen LogP contribution is 2.32. The summed E-state index contributed by atoms with van der Waals surface area (Å²) in [6, 6.07) is 18.4. The van der Waals surface area contributed by atoms with Gasteiger partial charge in [-0.15, -0.1) is 0 Å². The van der Waals surface area contributed by atoms with Crippen LogP contribution in [0.2, 0.25) is 5.02 Å². The molecule has 12 nitrogen and oxygen atoms in total. The molecule has 3 aromatic carbocycles. The van der Waals surface area contributed by atoms with Crippen molar-refractivity contribution in [3.05, 3.63) is 101 Å². The molecule has 2 atom stereocenters. The number of carbonyl (C=O) groups excluding carboxylic acids is 3. The first-order valence-corrected chi connectivity index (χ1v) is 16.2. The molecule has 13 heteroatoms. The Kier molecular flexibility index (Phi) is 10.4. The zero-order valence-corrected chi connectivity index (χ0v) is 27.5. The summed E-state index contributed by atoms with van der Waals surface area (Å²) >= 11 is 6.15. The van der Waals surface area contributed by atoms with E-state index in [0.29, 0.717) is 65.0 Å². The number of morpholine rings is 2. The minimum Gasteiger partial charge on any atom is -0.507 e. The molecular weight excluding hydrogens is 648 g/mol. The van der Waals surface area contributed by atoms with Crippen molar-refractivity contribution in [2.45, 2.75) is 12.1 Å². The number of rotatable bonds is 6. The molecule has 0 radical (unpaired) electrons. The molecule has 2 aliphatic rings. The molecule has 0 unspecified atom stereocenters. The average molecular weight is 683 g/mol. The molecule has 0 bridgehead atoms. The molecule has 4 aromatic rings. The summed E-state index contributed by atoms with van der Waals surface area (Å²) in [6.07, 6.45) is 1.76. The van der Waals surface area contributed by atoms with E-state index in [0.717, 1.165) is 0 Å². The van der Waals surface area contributed by atoms with Crippen LogP contribution in [0.1, 0.15) is 22.7 Å². The lowest BCUT2D eigenvalue weighted by Crippen LogP contribution is -2.58. The second-order valence-electron chi connectivity index (χ2n) is 11.6. The number of aromatic hydroxyl groups is 1. The number of amides is 4. The molecular formula is C36H35ClN6O6. The van der Waals surface area contributed by atoms with E-state index in [1.54, 1.807) is 83.5 Å². The van der Waals surface area contributed by atoms with Gasteiger partial charge in [-0.3, -0.25) is 14.3 Å². The Balaban J connectivity index is 1.15. The largest absolute Gasteiger partial charge is 0.507 e. The van der Waals surface area contributed by atoms with Crippen molar-refractivity contribution in [3.8, 4) is 28.8 Å². The minimum atomic E-state index is -0.994. The van der Waals surface area contributed by atoms with E-state index in [-0.39, 0.29) is 31.5 Å². The smallest absolute Gasteiger partial charge is 0.318 e. The number of carbonyl (C=O) groups is 3. The summed E-state index contributed by atoms with van der Waals surface area (Å²) in [4.78, 5) is 43.9. The minimum absolute atomic E-state index is 0.00960. The van der Waals surface area contributed by atoms with Gasteiger partial charge in [0.05, 0.1) is 32.0 Å². The number of phenolic OH excluding ortho intramolecular Hbond substituents is 1. The van der Waals surface area contributed by atoms with Crippen LogP contribution in [0.15, 0.2) is 79.0 Å². The number of aromatic nitrogens is 2. The molecule has 0 aliphatic carbocycles. The van der Waals surface area contributed by atoms with Gasteiger partial charge < -0.3 is 35.0 Å². The van der Waals surface area contributed by atoms with Crippen LogP contribution in [0.5, 0.6) is 5.75 Å². The van der Waals surface area contributed by atoms with E-state index in [9.17, 15) is 19.5 Å². The van der Waals surface area contributed by atoms with E-state index in [1.807, 2.05) is 6.07 Å². The third-order valence-corrected chi connectivity index (χ3v) is 8.43. The normalized spacial score (nSPS) is 16.7. The number of hydrogen-bond donors (Lipinski definition) is 3. The van der Waals surface area contributed by atoms with Gasteiger partial charge in [-0.05, 0) is 48.0 Å². The fourth-order valence-electron chi connectivity index (χ4n) is 5.64. The van der Waals surface area contributed by atoms with Gasteiger partial charge in [-0.25, -0.2) is 4.79 Å². The maximum atomic E-state index is 14.1. The summed E-state index contributed by atoms with van der Waals surface area (Å²) in [5.74, 6) is 5.44. The molecule has 0 spiro atoms. The first-order chi connectivity index (χ1) is 23.8. The highest BCUT2D eigenvalue weighted by atomic mass is 35.5. The zero-order chi connectivity index (χ0) is 34.3. The predicted octanol–water partition coefficient (Wildman–Crippen LogP) is 3.79. The van der Waals surface area contributed by atoms with Gasteiger partial charge in [0.1, 0.15) is 23.5 Å². The molecule has 252 valence electrons. The number of hydrogen-bond acceptors (Lipinski definition) is 7. The number of urea groups is 1. The second kappa shape index (κ2) is 15.3. The van der Waals surface area contributed by atoms with Gasteiger partial charge in [-0.2, -0.15) is 5.10 Å². The average Bonchev–Trinajstić information content (AvgIpc) is 3.51. The Hall–Kier alpha value is -5.35. The number of benzene rings is 3. The van der Waals surface area contributed by atoms with Crippen LogP contribution in [-0.4, -0.2) is 94.6 Å². The third kappa shape index (κ3) is 8.04. The maximum absolute atomic E-state index is 14.1. The standard InChI is InChI=1S/C36H35ClN6O6/c1-41-22-26(32(40-41)29-21-27(37)11-14-31(29)44)10-7-24-8-12-28(13-9-24)38-34(45)30-23-49-20-17-43(30)35(46)33(25-5-3-2-4-6-25)39-36(47)42-15-18-48-19-16-42/h2-6,8-9,11-14,21-22,30,33,44H,15-20,23H2,1H3,(H,38,45)(H,39,47)/t30-,33+/m0/s1. The van der Waals surface area contributed by atoms with Crippen LogP contribution in [-0.2, 0) is 26.1 Å². The van der Waals surface area contributed by atoms with Crippen LogP contribution in [0.4, 0.5) is 10.5 Å². The molecule has 4 amide bonds. The van der Waals surface area contributed by atoms with Crippen LogP contribution < -0.4 is 10.6 Å². The number of halogens is 1. The van der Waals surface area contributed by atoms with Gasteiger partial charge >= 0.3 is 6.03 Å². The molecule has 6 rings (SSSR count). The van der Waals surface area contributed by atoms with Crippen molar-refractivity contribution in [2.75, 3.05) is 51.4 Å². The van der Waals surface area contributed by atoms with Gasteiger partial charge in [-0.1, -0.05) is 53.8 Å². The number of aryl methyl sites for hydroxylation is 1. The monoisotopic (exact) mass is 682 g/mol. The number of nitrogens with one attached hydrogen (secondary N) is 2. The number of ether oxygens (including phenoxy) is 2. The van der Waals surface area contributed by atoms with E-state index < -0.39 is 23.9 Å². The zero-order valence-electron chi connectivity index (χ0n) is 26.8. The first-order valence-electron chi connectivity index (χ1n) is 15.8. The van der Waals surface area contributed by atoms with E-state index in [4.69, 9.17) is 21.1 Å². The van der Waals surface area contributed by atoms with E-state index in [1.165, 1.54) is 11.0 Å². The van der Waals surface area contributed by atoms with Gasteiger partial charge in [0, 0.05) is 54.7 Å². The number of nitrogens with zero attached hydrogens (tertiary/aromatic N) is 4. The molecule has 0 saturated carbocycles. The van der Waals surface area contributed by atoms with Gasteiger partial charge in [0.25, 0.3) is 5.91 Å². The molecule has 2 aliphatic heterocycles. The molecule has 3 heterocycles. The highest BCUT2D eigenvalue weighted by Gasteiger charge is 2.38. The molecule has 3 N–H and O–H groups in total. The first kappa shape index (κ1) is 33.5. The van der Waals surface area contributed by atoms with E-state index in [2.05, 4.69) is 27.6 Å². The summed E-state index contributed by atoms with van der Waals surface area (Å²) in [5.41, 5.74) is 3.39. The predicted molar refractivity (Wildman–Crippen MR) is 183 cm³/mol. The topological polar surface area (TPSA) is 138 Å². The summed E-state index contributed by atoms with van der Waals surface area (Å²) in [7, 11) is 1.77. The summed E-state index contributed by atoms with van der Waals surface area (Å²) in [5, 5.41) is 21.1. The Labute approximate surface area is 288 Å². The highest BCUT2D eigenvalue weighted by molar-refractivity contribution is 6.31. The Morgan fingerprint density at radius 2 is 1.69 bits per heavy atom. The summed E-state index contributed by atoms with van der Waals surface area (Å²) in [6.45, 7) is 2.16. The van der Waals surface area contributed by atoms with Gasteiger partial charge in [0.15, 0.2) is 0 Å². The molecule has 1 aromatic heterocycles.